The molecule has 1 fully saturated rings. The van der Waals surface area contributed by atoms with Crippen LogP contribution in [-0.4, -0.2) is 37.4 Å². The molecule has 0 N–H and O–H groups in total. The van der Waals surface area contributed by atoms with Crippen molar-refractivity contribution in [2.75, 3.05) is 36.8 Å². The van der Waals surface area contributed by atoms with Gasteiger partial charge < -0.3 is 13.9 Å². The van der Waals surface area contributed by atoms with Gasteiger partial charge in [0.1, 0.15) is 5.75 Å². The van der Waals surface area contributed by atoms with E-state index in [1.807, 2.05) is 12.1 Å². The van der Waals surface area contributed by atoms with E-state index >= 15 is 0 Å². The van der Waals surface area contributed by atoms with Gasteiger partial charge in [-0.05, 0) is 99.1 Å². The van der Waals surface area contributed by atoms with Crippen molar-refractivity contribution in [1.82, 2.24) is 4.90 Å². The Bertz CT molecular complexity index is 1020. The van der Waals surface area contributed by atoms with Crippen LogP contribution in [0.25, 0.3) is 0 Å². The number of likely N-dealkylation sites (tertiary alicyclic amines) is 1. The quantitative estimate of drug-likeness (QED) is 0.146. The van der Waals surface area contributed by atoms with E-state index in [4.69, 9.17) is 16.3 Å². The van der Waals surface area contributed by atoms with Crippen LogP contribution in [0.1, 0.15) is 31.2 Å². The highest BCUT2D eigenvalue weighted by Crippen LogP contribution is 2.35. The third kappa shape index (κ3) is 7.61. The molecule has 0 atom stereocenters. The molecule has 0 saturated carbocycles. The van der Waals surface area contributed by atoms with Gasteiger partial charge in [-0.2, -0.15) is 0 Å². The van der Waals surface area contributed by atoms with Crippen molar-refractivity contribution in [3.05, 3.63) is 83.4 Å². The van der Waals surface area contributed by atoms with Crippen LogP contribution < -0.4 is 9.04 Å². The highest BCUT2D eigenvalue weighted by Gasteiger charge is 2.14. The second-order valence-corrected chi connectivity index (χ2v) is 10.9. The zero-order chi connectivity index (χ0) is 23.6. The summed E-state index contributed by atoms with van der Waals surface area (Å²) in [6, 6.07) is 25.2. The first-order chi connectivity index (χ1) is 16.7. The van der Waals surface area contributed by atoms with Crippen molar-refractivity contribution in [1.29, 1.82) is 0 Å². The molecule has 3 nitrogen and oxygen atoms in total. The number of anilines is 1. The topological polar surface area (TPSA) is 15.7 Å². The molecule has 0 spiro atoms. The second-order valence-electron chi connectivity index (χ2n) is 8.50. The van der Waals surface area contributed by atoms with Gasteiger partial charge in [-0.25, -0.2) is 0 Å². The molecule has 0 aromatic heterocycles. The van der Waals surface area contributed by atoms with Crippen molar-refractivity contribution < 1.29 is 4.74 Å². The van der Waals surface area contributed by atoms with Crippen LogP contribution in [0, 0.1) is 0 Å². The zero-order valence-electron chi connectivity index (χ0n) is 19.8. The molecule has 34 heavy (non-hydrogen) atoms. The standard InChI is InChI=1S/C28H33ClN2OS2/c1-33-27-11-7-10-25(21-27)31(34-26-15-13-24(29)14-16-26)22-23-9-3-4-12-28(23)32-20-8-19-30-17-5-2-6-18-30/h3-4,7,9-16,21H,2,5-6,8,17-20,22H2,1H3. The number of nitrogens with zero attached hydrogens (tertiary/aromatic N) is 2. The smallest absolute Gasteiger partial charge is 0.124 e. The van der Waals surface area contributed by atoms with E-state index in [0.717, 1.165) is 41.8 Å². The molecule has 4 rings (SSSR count). The summed E-state index contributed by atoms with van der Waals surface area (Å²) in [6.45, 7) is 5.10. The lowest BCUT2D eigenvalue weighted by atomic mass is 10.1. The fraction of sp³-hybridized carbons (Fsp3) is 0.357. The molecule has 0 radical (unpaired) electrons. The highest BCUT2D eigenvalue weighted by atomic mass is 35.5. The van der Waals surface area contributed by atoms with E-state index in [0.29, 0.717) is 0 Å². The van der Waals surface area contributed by atoms with Gasteiger partial charge in [0.15, 0.2) is 0 Å². The van der Waals surface area contributed by atoms with Gasteiger partial charge in [0.05, 0.1) is 13.2 Å². The van der Waals surface area contributed by atoms with E-state index in [-0.39, 0.29) is 0 Å². The fourth-order valence-electron chi connectivity index (χ4n) is 4.15. The Balaban J connectivity index is 1.46. The van der Waals surface area contributed by atoms with Gasteiger partial charge in [0, 0.05) is 32.6 Å². The molecule has 3 aromatic carbocycles. The van der Waals surface area contributed by atoms with Crippen molar-refractivity contribution in [3.8, 4) is 5.75 Å². The summed E-state index contributed by atoms with van der Waals surface area (Å²) >= 11 is 9.60. The Morgan fingerprint density at radius 3 is 2.50 bits per heavy atom. The maximum absolute atomic E-state index is 6.29. The number of piperidine rings is 1. The third-order valence-electron chi connectivity index (χ3n) is 5.98. The lowest BCUT2D eigenvalue weighted by Crippen LogP contribution is -2.31. The van der Waals surface area contributed by atoms with Crippen LogP contribution in [0.5, 0.6) is 5.75 Å². The first-order valence-electron chi connectivity index (χ1n) is 12.0. The van der Waals surface area contributed by atoms with Crippen molar-refractivity contribution >= 4 is 41.0 Å². The zero-order valence-corrected chi connectivity index (χ0v) is 22.2. The van der Waals surface area contributed by atoms with Crippen LogP contribution in [0.15, 0.2) is 82.6 Å². The summed E-state index contributed by atoms with van der Waals surface area (Å²) < 4.78 is 8.62. The number of hydrogen-bond acceptors (Lipinski definition) is 5. The SMILES string of the molecule is CSc1cccc(N(Cc2ccccc2OCCCN2CCCCC2)Sc2ccc(Cl)cc2)c1. The third-order valence-corrected chi connectivity index (χ3v) is 8.00. The summed E-state index contributed by atoms with van der Waals surface area (Å²) in [5, 5.41) is 0.753. The Labute approximate surface area is 218 Å². The number of rotatable bonds is 11. The molecule has 0 aliphatic carbocycles. The second kappa shape index (κ2) is 13.3. The van der Waals surface area contributed by atoms with Gasteiger partial charge in [-0.15, -0.1) is 11.8 Å². The van der Waals surface area contributed by atoms with Gasteiger partial charge in [0.2, 0.25) is 0 Å². The maximum atomic E-state index is 6.29. The molecule has 1 saturated heterocycles. The maximum Gasteiger partial charge on any atom is 0.124 e. The number of thioether (sulfide) groups is 1. The van der Waals surface area contributed by atoms with E-state index in [9.17, 15) is 0 Å². The largest absolute Gasteiger partial charge is 0.493 e. The Kier molecular flexibility index (Phi) is 9.93. The average molecular weight is 513 g/mol. The van der Waals surface area contributed by atoms with E-state index < -0.39 is 0 Å². The molecule has 1 aliphatic rings. The molecular weight excluding hydrogens is 480 g/mol. The van der Waals surface area contributed by atoms with Gasteiger partial charge in [0.25, 0.3) is 0 Å². The molecule has 1 heterocycles. The summed E-state index contributed by atoms with van der Waals surface area (Å²) in [4.78, 5) is 4.97. The van der Waals surface area contributed by atoms with E-state index in [1.165, 1.54) is 48.5 Å². The van der Waals surface area contributed by atoms with E-state index in [2.05, 4.69) is 76.1 Å². The minimum atomic E-state index is 0.743. The first kappa shape index (κ1) is 25.3. The van der Waals surface area contributed by atoms with Crippen molar-refractivity contribution in [2.45, 2.75) is 42.0 Å². The predicted molar refractivity (Wildman–Crippen MR) is 149 cm³/mol. The number of hydrogen-bond donors (Lipinski definition) is 0. The monoisotopic (exact) mass is 512 g/mol. The van der Waals surface area contributed by atoms with Gasteiger partial charge >= 0.3 is 0 Å². The highest BCUT2D eigenvalue weighted by molar-refractivity contribution is 8.00. The normalized spacial score (nSPS) is 14.2. The number of benzene rings is 3. The minimum absolute atomic E-state index is 0.743. The average Bonchev–Trinajstić information content (AvgIpc) is 2.89. The van der Waals surface area contributed by atoms with Crippen LogP contribution >= 0.6 is 35.3 Å². The molecule has 0 bridgehead atoms. The molecular formula is C28H33ClN2OS2. The molecule has 180 valence electrons. The fourth-order valence-corrected chi connectivity index (χ4v) is 5.66. The number of halogens is 1. The van der Waals surface area contributed by atoms with Crippen LogP contribution in [0.3, 0.4) is 0 Å². The van der Waals surface area contributed by atoms with Crippen LogP contribution in [0.2, 0.25) is 5.02 Å². The van der Waals surface area contributed by atoms with Crippen molar-refractivity contribution in [3.63, 3.8) is 0 Å². The van der Waals surface area contributed by atoms with Gasteiger partial charge in [-0.3, -0.25) is 0 Å². The first-order valence-corrected chi connectivity index (χ1v) is 14.4. The molecule has 3 aromatic rings. The number of para-hydroxylation sites is 1. The summed E-state index contributed by atoms with van der Waals surface area (Å²) in [7, 11) is 0. The lowest BCUT2D eigenvalue weighted by molar-refractivity contribution is 0.204. The number of ether oxygens (including phenoxy) is 1. The lowest BCUT2D eigenvalue weighted by Gasteiger charge is -2.26. The van der Waals surface area contributed by atoms with Crippen molar-refractivity contribution in [2.24, 2.45) is 0 Å². The Hall–Kier alpha value is -1.79. The Morgan fingerprint density at radius 1 is 0.912 bits per heavy atom. The summed E-state index contributed by atoms with van der Waals surface area (Å²) in [6.07, 6.45) is 7.23. The molecule has 6 heteroatoms. The van der Waals surface area contributed by atoms with Crippen LogP contribution in [-0.2, 0) is 6.54 Å². The summed E-state index contributed by atoms with van der Waals surface area (Å²) in [5.74, 6) is 0.976. The molecule has 0 unspecified atom stereocenters. The summed E-state index contributed by atoms with van der Waals surface area (Å²) in [5.41, 5.74) is 2.36. The minimum Gasteiger partial charge on any atom is -0.493 e. The van der Waals surface area contributed by atoms with Gasteiger partial charge in [-0.1, -0.05) is 42.3 Å². The van der Waals surface area contributed by atoms with E-state index in [1.54, 1.807) is 23.7 Å². The van der Waals surface area contributed by atoms with Crippen LogP contribution in [0.4, 0.5) is 5.69 Å². The Morgan fingerprint density at radius 2 is 1.71 bits per heavy atom. The molecule has 0 amide bonds. The molecule has 1 aliphatic heterocycles. The predicted octanol–water partition coefficient (Wildman–Crippen LogP) is 8.03.